The van der Waals surface area contributed by atoms with Gasteiger partial charge in [0.15, 0.2) is 5.69 Å². The number of aromatic amines is 1. The predicted molar refractivity (Wildman–Crippen MR) is 60.6 cm³/mol. The van der Waals surface area contributed by atoms with E-state index in [1.54, 1.807) is 12.5 Å². The highest BCUT2D eigenvalue weighted by Crippen LogP contribution is 2.20. The molecule has 0 amide bonds. The van der Waals surface area contributed by atoms with Crippen molar-refractivity contribution in [2.75, 3.05) is 5.32 Å². The topological polar surface area (TPSA) is 102 Å². The summed E-state index contributed by atoms with van der Waals surface area (Å²) in [6, 6.07) is 0.0282. The fraction of sp³-hybridized carbons (Fsp3) is 0.333. The number of hydrogen-bond acceptors (Lipinski definition) is 5. The first kappa shape index (κ1) is 11.1. The normalized spacial score (nSPS) is 12.3. The van der Waals surface area contributed by atoms with Crippen LogP contribution in [0.2, 0.25) is 0 Å². The SMILES string of the molecule is CC(Cn1ccnc1)Nc1cn[nH]c1[N+](=O)[O-]. The van der Waals surface area contributed by atoms with Crippen molar-refractivity contribution in [3.8, 4) is 0 Å². The van der Waals surface area contributed by atoms with Crippen molar-refractivity contribution >= 4 is 11.5 Å². The summed E-state index contributed by atoms with van der Waals surface area (Å²) in [7, 11) is 0. The Labute approximate surface area is 96.8 Å². The fourth-order valence-electron chi connectivity index (χ4n) is 1.55. The lowest BCUT2D eigenvalue weighted by atomic mass is 10.3. The quantitative estimate of drug-likeness (QED) is 0.596. The Morgan fingerprint density at radius 2 is 2.53 bits per heavy atom. The first-order chi connectivity index (χ1) is 8.16. The molecule has 0 bridgehead atoms. The third-order valence-corrected chi connectivity index (χ3v) is 2.25. The van der Waals surface area contributed by atoms with Crippen LogP contribution in [0.4, 0.5) is 11.5 Å². The molecule has 0 aliphatic rings. The molecular formula is C9H12N6O2. The van der Waals surface area contributed by atoms with Gasteiger partial charge in [0.1, 0.15) is 6.20 Å². The Morgan fingerprint density at radius 1 is 1.71 bits per heavy atom. The zero-order chi connectivity index (χ0) is 12.3. The zero-order valence-electron chi connectivity index (χ0n) is 9.20. The van der Waals surface area contributed by atoms with E-state index in [0.717, 1.165) is 0 Å². The summed E-state index contributed by atoms with van der Waals surface area (Å²) >= 11 is 0. The van der Waals surface area contributed by atoms with Crippen LogP contribution < -0.4 is 5.32 Å². The minimum Gasteiger partial charge on any atom is -0.373 e. The van der Waals surface area contributed by atoms with Gasteiger partial charge in [0, 0.05) is 25.0 Å². The van der Waals surface area contributed by atoms with Crippen molar-refractivity contribution in [2.45, 2.75) is 19.5 Å². The van der Waals surface area contributed by atoms with Crippen LogP contribution in [-0.2, 0) is 6.54 Å². The maximum atomic E-state index is 10.7. The number of nitro groups is 1. The highest BCUT2D eigenvalue weighted by molar-refractivity contribution is 5.55. The van der Waals surface area contributed by atoms with Crippen LogP contribution in [0.1, 0.15) is 6.92 Å². The number of nitrogens with zero attached hydrogens (tertiary/aromatic N) is 4. The lowest BCUT2D eigenvalue weighted by Gasteiger charge is -2.13. The minimum absolute atomic E-state index is 0.0282. The molecule has 0 saturated carbocycles. The third kappa shape index (κ3) is 2.60. The lowest BCUT2D eigenvalue weighted by Crippen LogP contribution is -2.21. The summed E-state index contributed by atoms with van der Waals surface area (Å²) in [5.74, 6) is -0.123. The molecule has 0 fully saturated rings. The molecule has 8 nitrogen and oxygen atoms in total. The van der Waals surface area contributed by atoms with Gasteiger partial charge >= 0.3 is 5.82 Å². The summed E-state index contributed by atoms with van der Waals surface area (Å²) < 4.78 is 1.89. The number of H-pyrrole nitrogens is 1. The Kier molecular flexibility index (Phi) is 3.03. The van der Waals surface area contributed by atoms with Gasteiger partial charge in [0.25, 0.3) is 0 Å². The maximum Gasteiger partial charge on any atom is 0.366 e. The van der Waals surface area contributed by atoms with Gasteiger partial charge in [0.05, 0.1) is 6.33 Å². The first-order valence-electron chi connectivity index (χ1n) is 5.07. The van der Waals surface area contributed by atoms with Crippen molar-refractivity contribution in [1.82, 2.24) is 19.7 Å². The highest BCUT2D eigenvalue weighted by Gasteiger charge is 2.16. The Balaban J connectivity index is 2.00. The van der Waals surface area contributed by atoms with E-state index in [4.69, 9.17) is 0 Å². The third-order valence-electron chi connectivity index (χ3n) is 2.25. The first-order valence-corrected chi connectivity index (χ1v) is 5.07. The summed E-state index contributed by atoms with van der Waals surface area (Å²) in [6.45, 7) is 2.60. The Morgan fingerprint density at radius 3 is 3.18 bits per heavy atom. The summed E-state index contributed by atoms with van der Waals surface area (Å²) in [5, 5.41) is 19.7. The highest BCUT2D eigenvalue weighted by atomic mass is 16.6. The Bertz CT molecular complexity index is 491. The summed E-state index contributed by atoms with van der Waals surface area (Å²) in [4.78, 5) is 14.1. The second-order valence-corrected chi connectivity index (χ2v) is 3.69. The number of nitrogens with one attached hydrogen (secondary N) is 2. The van der Waals surface area contributed by atoms with Crippen LogP contribution in [0.3, 0.4) is 0 Å². The molecule has 2 rings (SSSR count). The molecule has 2 aromatic heterocycles. The van der Waals surface area contributed by atoms with E-state index in [-0.39, 0.29) is 11.9 Å². The van der Waals surface area contributed by atoms with Crippen molar-refractivity contribution in [3.63, 3.8) is 0 Å². The second-order valence-electron chi connectivity index (χ2n) is 3.69. The van der Waals surface area contributed by atoms with E-state index in [0.29, 0.717) is 12.2 Å². The van der Waals surface area contributed by atoms with Gasteiger partial charge < -0.3 is 20.0 Å². The molecule has 2 N–H and O–H groups in total. The number of rotatable bonds is 5. The van der Waals surface area contributed by atoms with Crippen LogP contribution >= 0.6 is 0 Å². The standard InChI is InChI=1S/C9H12N6O2/c1-7(5-14-3-2-10-6-14)12-8-4-11-13-9(8)15(16)17/h2-4,6-7,12H,5H2,1H3,(H,11,13). The minimum atomic E-state index is -0.501. The van der Waals surface area contributed by atoms with Crippen LogP contribution in [-0.4, -0.2) is 30.7 Å². The van der Waals surface area contributed by atoms with Crippen LogP contribution in [0.25, 0.3) is 0 Å². The molecule has 0 aliphatic carbocycles. The van der Waals surface area contributed by atoms with Gasteiger partial charge in [0.2, 0.25) is 0 Å². The van der Waals surface area contributed by atoms with Crippen molar-refractivity contribution in [1.29, 1.82) is 0 Å². The summed E-state index contributed by atoms with van der Waals surface area (Å²) in [5.41, 5.74) is 0.391. The molecule has 0 aromatic carbocycles. The number of aromatic nitrogens is 4. The van der Waals surface area contributed by atoms with Crippen molar-refractivity contribution < 1.29 is 4.92 Å². The van der Waals surface area contributed by atoms with Gasteiger partial charge in [-0.05, 0) is 11.8 Å². The average Bonchev–Trinajstić information content (AvgIpc) is 2.88. The molecular weight excluding hydrogens is 224 g/mol. The molecule has 0 spiro atoms. The van der Waals surface area contributed by atoms with Crippen LogP contribution in [0, 0.1) is 10.1 Å². The predicted octanol–water partition coefficient (Wildman–Crippen LogP) is 1.01. The number of anilines is 1. The second kappa shape index (κ2) is 4.64. The van der Waals surface area contributed by atoms with Gasteiger partial charge in [-0.3, -0.25) is 0 Å². The fourth-order valence-corrected chi connectivity index (χ4v) is 1.55. The van der Waals surface area contributed by atoms with Crippen LogP contribution in [0.5, 0.6) is 0 Å². The molecule has 1 unspecified atom stereocenters. The molecule has 1 atom stereocenters. The summed E-state index contributed by atoms with van der Waals surface area (Å²) in [6.07, 6.45) is 6.62. The van der Waals surface area contributed by atoms with E-state index in [1.807, 2.05) is 17.7 Å². The molecule has 0 radical (unpaired) electrons. The van der Waals surface area contributed by atoms with E-state index in [2.05, 4.69) is 20.5 Å². The monoisotopic (exact) mass is 236 g/mol. The molecule has 2 aromatic rings. The van der Waals surface area contributed by atoms with Gasteiger partial charge in [-0.2, -0.15) is 0 Å². The Hall–Kier alpha value is -2.38. The van der Waals surface area contributed by atoms with E-state index >= 15 is 0 Å². The van der Waals surface area contributed by atoms with E-state index in [1.165, 1.54) is 6.20 Å². The van der Waals surface area contributed by atoms with Gasteiger partial charge in [-0.1, -0.05) is 5.10 Å². The smallest absolute Gasteiger partial charge is 0.366 e. The van der Waals surface area contributed by atoms with Crippen molar-refractivity contribution in [3.05, 3.63) is 35.0 Å². The molecule has 0 saturated heterocycles. The molecule has 8 heteroatoms. The zero-order valence-corrected chi connectivity index (χ0v) is 9.20. The largest absolute Gasteiger partial charge is 0.373 e. The lowest BCUT2D eigenvalue weighted by molar-refractivity contribution is -0.388. The number of imidazole rings is 1. The van der Waals surface area contributed by atoms with Crippen molar-refractivity contribution in [2.24, 2.45) is 0 Å². The average molecular weight is 236 g/mol. The van der Waals surface area contributed by atoms with Gasteiger partial charge in [-0.25, -0.2) is 4.98 Å². The number of hydrogen-bond donors (Lipinski definition) is 2. The molecule has 90 valence electrons. The maximum absolute atomic E-state index is 10.7. The molecule has 0 aliphatic heterocycles. The van der Waals surface area contributed by atoms with Gasteiger partial charge in [-0.15, -0.1) is 5.10 Å². The van der Waals surface area contributed by atoms with E-state index < -0.39 is 4.92 Å². The van der Waals surface area contributed by atoms with Crippen LogP contribution in [0.15, 0.2) is 24.9 Å². The molecule has 17 heavy (non-hydrogen) atoms. The van der Waals surface area contributed by atoms with E-state index in [9.17, 15) is 10.1 Å². The molecule has 2 heterocycles.